The lowest BCUT2D eigenvalue weighted by Crippen LogP contribution is -2.53. The predicted octanol–water partition coefficient (Wildman–Crippen LogP) is 2.03. The van der Waals surface area contributed by atoms with Crippen molar-refractivity contribution in [2.75, 3.05) is 24.7 Å². The predicted molar refractivity (Wildman–Crippen MR) is 58.3 cm³/mol. The molecule has 15 heavy (non-hydrogen) atoms. The largest absolute Gasteiger partial charge is 0.432 e. The molecule has 0 aliphatic carbocycles. The number of halogens is 1. The van der Waals surface area contributed by atoms with Crippen molar-refractivity contribution in [2.45, 2.75) is 25.3 Å². The molecule has 0 N–H and O–H groups in total. The lowest BCUT2D eigenvalue weighted by molar-refractivity contribution is 0.0612. The van der Waals surface area contributed by atoms with Gasteiger partial charge in [-0.1, -0.05) is 0 Å². The van der Waals surface area contributed by atoms with Gasteiger partial charge in [-0.05, 0) is 13.8 Å². The molecule has 0 atom stereocenters. The van der Waals surface area contributed by atoms with E-state index in [1.165, 1.54) is 0 Å². The summed E-state index contributed by atoms with van der Waals surface area (Å²) in [5.41, 5.74) is 0.695. The first kappa shape index (κ1) is 10.8. The van der Waals surface area contributed by atoms with Crippen LogP contribution in [0, 0.1) is 0 Å². The Hall–Kier alpha value is -0.740. The third-order valence-corrected chi connectivity index (χ3v) is 2.83. The summed E-state index contributed by atoms with van der Waals surface area (Å²) >= 11 is 5.68. The fraction of sp³-hybridized carbons (Fsp3) is 0.700. The number of hydrogen-bond acceptors (Lipinski definition) is 4. The van der Waals surface area contributed by atoms with Crippen LogP contribution < -0.4 is 4.90 Å². The van der Waals surface area contributed by atoms with Crippen molar-refractivity contribution in [2.24, 2.45) is 0 Å². The van der Waals surface area contributed by atoms with E-state index >= 15 is 0 Å². The lowest BCUT2D eigenvalue weighted by atomic mass is 10.0. The number of morpholine rings is 1. The molecule has 1 fully saturated rings. The Morgan fingerprint density at radius 3 is 3.00 bits per heavy atom. The van der Waals surface area contributed by atoms with Gasteiger partial charge in [-0.3, -0.25) is 0 Å². The van der Waals surface area contributed by atoms with Crippen LogP contribution in [-0.2, 0) is 10.6 Å². The van der Waals surface area contributed by atoms with E-state index in [1.54, 1.807) is 6.26 Å². The van der Waals surface area contributed by atoms with Crippen molar-refractivity contribution in [3.05, 3.63) is 12.0 Å². The number of rotatable bonds is 2. The molecule has 1 aromatic rings. The molecule has 2 rings (SSSR count). The van der Waals surface area contributed by atoms with Gasteiger partial charge in [0.2, 0.25) is 0 Å². The molecule has 5 heteroatoms. The van der Waals surface area contributed by atoms with Crippen LogP contribution >= 0.6 is 11.6 Å². The zero-order valence-electron chi connectivity index (χ0n) is 8.99. The van der Waals surface area contributed by atoms with Crippen molar-refractivity contribution in [3.63, 3.8) is 0 Å². The molecular weight excluding hydrogens is 216 g/mol. The third-order valence-electron chi connectivity index (χ3n) is 2.55. The average molecular weight is 231 g/mol. The first-order valence-corrected chi connectivity index (χ1v) is 5.53. The van der Waals surface area contributed by atoms with Gasteiger partial charge in [-0.15, -0.1) is 11.6 Å². The molecule has 1 aromatic heterocycles. The maximum atomic E-state index is 5.68. The van der Waals surface area contributed by atoms with Crippen LogP contribution in [0.5, 0.6) is 0 Å². The highest BCUT2D eigenvalue weighted by Gasteiger charge is 2.33. The minimum atomic E-state index is -0.0767. The van der Waals surface area contributed by atoms with E-state index < -0.39 is 0 Å². The van der Waals surface area contributed by atoms with Crippen LogP contribution in [0.2, 0.25) is 0 Å². The topological polar surface area (TPSA) is 38.5 Å². The number of nitrogens with zero attached hydrogens (tertiary/aromatic N) is 2. The van der Waals surface area contributed by atoms with Gasteiger partial charge in [0.05, 0.1) is 30.3 Å². The van der Waals surface area contributed by atoms with Crippen LogP contribution in [0.1, 0.15) is 19.5 Å². The Labute approximate surface area is 94.2 Å². The number of ether oxygens (including phenoxy) is 1. The SMILES string of the molecule is CC1(C)COCCN1c1nc(CCl)co1. The van der Waals surface area contributed by atoms with Gasteiger partial charge in [0.25, 0.3) is 6.01 Å². The summed E-state index contributed by atoms with van der Waals surface area (Å²) in [6.45, 7) is 6.41. The number of oxazole rings is 1. The van der Waals surface area contributed by atoms with Gasteiger partial charge in [0.1, 0.15) is 6.26 Å². The quantitative estimate of drug-likeness (QED) is 0.729. The van der Waals surface area contributed by atoms with Crippen molar-refractivity contribution in [1.82, 2.24) is 4.98 Å². The normalized spacial score (nSPS) is 20.6. The zero-order chi connectivity index (χ0) is 10.9. The van der Waals surface area contributed by atoms with Crippen molar-refractivity contribution in [3.8, 4) is 0 Å². The Balaban J connectivity index is 2.21. The Morgan fingerprint density at radius 1 is 1.60 bits per heavy atom. The highest BCUT2D eigenvalue weighted by molar-refractivity contribution is 6.16. The summed E-state index contributed by atoms with van der Waals surface area (Å²) in [5.74, 6) is 0.383. The maximum absolute atomic E-state index is 5.68. The Kier molecular flexibility index (Phi) is 2.89. The summed E-state index contributed by atoms with van der Waals surface area (Å²) < 4.78 is 10.8. The first-order valence-electron chi connectivity index (χ1n) is 4.99. The molecule has 1 aliphatic rings. The minimum absolute atomic E-state index is 0.0767. The van der Waals surface area contributed by atoms with Gasteiger partial charge in [-0.25, -0.2) is 0 Å². The Bertz CT molecular complexity index is 338. The van der Waals surface area contributed by atoms with Crippen LogP contribution in [0.3, 0.4) is 0 Å². The molecule has 1 saturated heterocycles. The summed E-state index contributed by atoms with van der Waals surface area (Å²) in [7, 11) is 0. The van der Waals surface area contributed by atoms with Gasteiger partial charge >= 0.3 is 0 Å². The molecule has 2 heterocycles. The molecule has 0 amide bonds. The number of hydrogen-bond donors (Lipinski definition) is 0. The highest BCUT2D eigenvalue weighted by Crippen LogP contribution is 2.26. The lowest BCUT2D eigenvalue weighted by Gasteiger charge is -2.40. The van der Waals surface area contributed by atoms with Crippen molar-refractivity contribution < 1.29 is 9.15 Å². The summed E-state index contributed by atoms with van der Waals surface area (Å²) in [4.78, 5) is 6.44. The van der Waals surface area contributed by atoms with E-state index in [-0.39, 0.29) is 5.54 Å². The van der Waals surface area contributed by atoms with E-state index in [9.17, 15) is 0 Å². The molecule has 0 saturated carbocycles. The molecule has 84 valence electrons. The Morgan fingerprint density at radius 2 is 2.40 bits per heavy atom. The van der Waals surface area contributed by atoms with Crippen LogP contribution in [0.15, 0.2) is 10.7 Å². The summed E-state index contributed by atoms with van der Waals surface area (Å²) in [6.07, 6.45) is 1.61. The second kappa shape index (κ2) is 4.02. The molecule has 0 bridgehead atoms. The van der Waals surface area contributed by atoms with E-state index in [1.807, 2.05) is 0 Å². The fourth-order valence-corrected chi connectivity index (χ4v) is 1.82. The standard InChI is InChI=1S/C10H15ClN2O2/c1-10(2)7-14-4-3-13(10)9-12-8(5-11)6-15-9/h6H,3-5,7H2,1-2H3. The summed E-state index contributed by atoms with van der Waals surface area (Å²) in [6, 6.07) is 0.638. The second-order valence-electron chi connectivity index (χ2n) is 4.27. The number of anilines is 1. The van der Waals surface area contributed by atoms with Crippen LogP contribution in [-0.4, -0.2) is 30.3 Å². The van der Waals surface area contributed by atoms with E-state index in [4.69, 9.17) is 20.8 Å². The van der Waals surface area contributed by atoms with E-state index in [0.29, 0.717) is 25.1 Å². The third kappa shape index (κ3) is 2.11. The molecule has 0 aromatic carbocycles. The molecule has 0 spiro atoms. The molecule has 1 aliphatic heterocycles. The molecule has 0 radical (unpaired) electrons. The van der Waals surface area contributed by atoms with Gasteiger partial charge in [0, 0.05) is 6.54 Å². The zero-order valence-corrected chi connectivity index (χ0v) is 9.75. The fourth-order valence-electron chi connectivity index (χ4n) is 1.69. The molecular formula is C10H15ClN2O2. The van der Waals surface area contributed by atoms with Crippen LogP contribution in [0.4, 0.5) is 6.01 Å². The highest BCUT2D eigenvalue weighted by atomic mass is 35.5. The van der Waals surface area contributed by atoms with E-state index in [2.05, 4.69) is 23.7 Å². The van der Waals surface area contributed by atoms with Gasteiger partial charge in [-0.2, -0.15) is 4.98 Å². The average Bonchev–Trinajstić information content (AvgIpc) is 2.65. The molecule has 4 nitrogen and oxygen atoms in total. The summed E-state index contributed by atoms with van der Waals surface area (Å²) in [5, 5.41) is 0. The van der Waals surface area contributed by atoms with E-state index in [0.717, 1.165) is 12.2 Å². The molecule has 0 unspecified atom stereocenters. The monoisotopic (exact) mass is 230 g/mol. The van der Waals surface area contributed by atoms with Gasteiger partial charge < -0.3 is 14.1 Å². The minimum Gasteiger partial charge on any atom is -0.432 e. The smallest absolute Gasteiger partial charge is 0.298 e. The van der Waals surface area contributed by atoms with Crippen molar-refractivity contribution >= 4 is 17.6 Å². The second-order valence-corrected chi connectivity index (χ2v) is 4.54. The number of alkyl halides is 1. The maximum Gasteiger partial charge on any atom is 0.298 e. The first-order chi connectivity index (χ1) is 7.13. The number of aromatic nitrogens is 1. The van der Waals surface area contributed by atoms with Crippen LogP contribution in [0.25, 0.3) is 0 Å². The van der Waals surface area contributed by atoms with Crippen molar-refractivity contribution in [1.29, 1.82) is 0 Å². The van der Waals surface area contributed by atoms with Gasteiger partial charge in [0.15, 0.2) is 0 Å².